The molecule has 2 aromatic heterocycles. The molecule has 0 unspecified atom stereocenters. The molecule has 0 bridgehead atoms. The Morgan fingerprint density at radius 2 is 1.92 bits per heavy atom. The van der Waals surface area contributed by atoms with Crippen LogP contribution in [0.2, 0.25) is 0 Å². The number of thiophene rings is 1. The molecule has 1 aliphatic heterocycles. The summed E-state index contributed by atoms with van der Waals surface area (Å²) in [6.07, 6.45) is 0.840. The Bertz CT molecular complexity index is 1460. The number of urea groups is 1. The molecule has 2 aromatic carbocycles. The summed E-state index contributed by atoms with van der Waals surface area (Å²) in [5, 5.41) is 4.84. The molecule has 0 saturated carbocycles. The standard InChI is InChI=1S/C27H29N5O4S/c1-3-15-36-22-9-8-18(17-19(22)25-29-20-10-16-37-24(20)26(33)30-25)28-27(34)32-13-11-31(12-14-32)21-6-4-5-7-23(21)35-2/h4-10,16-17H,3,11-15H2,1-2H3,(H,28,34)(H,29,30,33). The fraction of sp³-hybridized carbons (Fsp3) is 0.296. The minimum absolute atomic E-state index is 0.178. The van der Waals surface area contributed by atoms with Crippen LogP contribution in [0, 0.1) is 0 Å². The number of benzene rings is 2. The molecule has 0 aliphatic carbocycles. The Balaban J connectivity index is 1.33. The van der Waals surface area contributed by atoms with Crippen LogP contribution in [0.4, 0.5) is 16.2 Å². The molecular formula is C27H29N5O4S. The number of carbonyl (C=O) groups is 1. The number of nitrogens with one attached hydrogen (secondary N) is 2. The molecule has 3 heterocycles. The van der Waals surface area contributed by atoms with Crippen LogP contribution in [0.15, 0.2) is 58.7 Å². The first-order valence-electron chi connectivity index (χ1n) is 12.3. The lowest BCUT2D eigenvalue weighted by molar-refractivity contribution is 0.208. The van der Waals surface area contributed by atoms with Gasteiger partial charge in [-0.05, 0) is 48.2 Å². The highest BCUT2D eigenvalue weighted by atomic mass is 32.1. The first kappa shape index (κ1) is 24.6. The van der Waals surface area contributed by atoms with Crippen LogP contribution in [-0.4, -0.2) is 60.8 Å². The monoisotopic (exact) mass is 519 g/mol. The lowest BCUT2D eigenvalue weighted by Gasteiger charge is -2.36. The number of carbonyl (C=O) groups excluding carboxylic acids is 1. The molecule has 192 valence electrons. The van der Waals surface area contributed by atoms with Gasteiger partial charge in [0.2, 0.25) is 0 Å². The van der Waals surface area contributed by atoms with Crippen molar-refractivity contribution >= 4 is 39.0 Å². The zero-order valence-corrected chi connectivity index (χ0v) is 21.6. The number of H-pyrrole nitrogens is 1. The number of anilines is 2. The van der Waals surface area contributed by atoms with Crippen LogP contribution in [-0.2, 0) is 0 Å². The van der Waals surface area contributed by atoms with Gasteiger partial charge < -0.3 is 29.6 Å². The second kappa shape index (κ2) is 10.9. The Morgan fingerprint density at radius 1 is 1.11 bits per heavy atom. The summed E-state index contributed by atoms with van der Waals surface area (Å²) >= 11 is 1.35. The average Bonchev–Trinajstić information content (AvgIpc) is 3.42. The average molecular weight is 520 g/mol. The van der Waals surface area contributed by atoms with E-state index in [1.807, 2.05) is 42.6 Å². The molecule has 1 aliphatic rings. The normalized spacial score (nSPS) is 13.6. The largest absolute Gasteiger partial charge is 0.495 e. The molecule has 10 heteroatoms. The zero-order valence-electron chi connectivity index (χ0n) is 20.8. The molecule has 5 rings (SSSR count). The van der Waals surface area contributed by atoms with Gasteiger partial charge in [0.15, 0.2) is 0 Å². The van der Waals surface area contributed by atoms with Crippen LogP contribution >= 0.6 is 11.3 Å². The molecule has 4 aromatic rings. The number of hydrogen-bond donors (Lipinski definition) is 2. The summed E-state index contributed by atoms with van der Waals surface area (Å²) in [6.45, 7) is 5.12. The smallest absolute Gasteiger partial charge is 0.321 e. The summed E-state index contributed by atoms with van der Waals surface area (Å²) in [4.78, 5) is 37.2. The van der Waals surface area contributed by atoms with Crippen molar-refractivity contribution in [2.24, 2.45) is 0 Å². The second-order valence-electron chi connectivity index (χ2n) is 8.68. The third kappa shape index (κ3) is 5.24. The molecule has 0 spiro atoms. The van der Waals surface area contributed by atoms with Crippen LogP contribution in [0.3, 0.4) is 0 Å². The quantitative estimate of drug-likeness (QED) is 0.364. The number of amides is 2. The van der Waals surface area contributed by atoms with E-state index in [2.05, 4.69) is 20.2 Å². The fourth-order valence-electron chi connectivity index (χ4n) is 4.38. The van der Waals surface area contributed by atoms with Crippen molar-refractivity contribution in [3.63, 3.8) is 0 Å². The van der Waals surface area contributed by atoms with E-state index in [4.69, 9.17) is 9.47 Å². The van der Waals surface area contributed by atoms with E-state index in [1.54, 1.807) is 30.2 Å². The van der Waals surface area contributed by atoms with E-state index in [-0.39, 0.29) is 11.6 Å². The van der Waals surface area contributed by atoms with Crippen LogP contribution in [0.5, 0.6) is 11.5 Å². The number of nitrogens with zero attached hydrogens (tertiary/aromatic N) is 3. The number of aromatic nitrogens is 2. The van der Waals surface area contributed by atoms with Gasteiger partial charge in [0.25, 0.3) is 5.56 Å². The topological polar surface area (TPSA) is 99.8 Å². The maximum absolute atomic E-state index is 13.1. The summed E-state index contributed by atoms with van der Waals surface area (Å²) in [7, 11) is 1.67. The van der Waals surface area contributed by atoms with Gasteiger partial charge in [-0.2, -0.15) is 0 Å². The van der Waals surface area contributed by atoms with Crippen LogP contribution in [0.1, 0.15) is 13.3 Å². The Kier molecular flexibility index (Phi) is 7.27. The minimum atomic E-state index is -0.196. The van der Waals surface area contributed by atoms with Gasteiger partial charge in [-0.25, -0.2) is 9.78 Å². The molecule has 2 amide bonds. The van der Waals surface area contributed by atoms with Gasteiger partial charge in [-0.1, -0.05) is 19.1 Å². The van der Waals surface area contributed by atoms with Crippen molar-refractivity contribution < 1.29 is 14.3 Å². The van der Waals surface area contributed by atoms with Gasteiger partial charge in [0.1, 0.15) is 22.0 Å². The molecular weight excluding hydrogens is 490 g/mol. The van der Waals surface area contributed by atoms with E-state index in [1.165, 1.54) is 11.3 Å². The number of hydrogen-bond acceptors (Lipinski definition) is 7. The van der Waals surface area contributed by atoms with Crippen molar-refractivity contribution in [2.75, 3.05) is 50.1 Å². The molecule has 2 N–H and O–H groups in total. The van der Waals surface area contributed by atoms with Gasteiger partial charge in [-0.15, -0.1) is 11.3 Å². The first-order valence-corrected chi connectivity index (χ1v) is 13.1. The highest BCUT2D eigenvalue weighted by Crippen LogP contribution is 2.32. The molecule has 1 saturated heterocycles. The molecule has 0 radical (unpaired) electrons. The maximum atomic E-state index is 13.1. The number of piperazine rings is 1. The van der Waals surface area contributed by atoms with Crippen LogP contribution < -0.4 is 25.2 Å². The van der Waals surface area contributed by atoms with Gasteiger partial charge in [0, 0.05) is 31.9 Å². The van der Waals surface area contributed by atoms with Gasteiger partial charge in [0.05, 0.1) is 30.5 Å². The fourth-order valence-corrected chi connectivity index (χ4v) is 5.10. The Labute approximate surface area is 218 Å². The van der Waals surface area contributed by atoms with Gasteiger partial charge >= 0.3 is 6.03 Å². The van der Waals surface area contributed by atoms with E-state index in [9.17, 15) is 9.59 Å². The predicted octanol–water partition coefficient (Wildman–Crippen LogP) is 4.80. The van der Waals surface area contributed by atoms with Crippen molar-refractivity contribution in [1.29, 1.82) is 0 Å². The van der Waals surface area contributed by atoms with E-state index >= 15 is 0 Å². The molecule has 1 fully saturated rings. The number of ether oxygens (including phenoxy) is 2. The summed E-state index contributed by atoms with van der Waals surface area (Å²) in [6, 6.07) is 15.0. The number of para-hydroxylation sites is 2. The van der Waals surface area contributed by atoms with Crippen molar-refractivity contribution in [2.45, 2.75) is 13.3 Å². The van der Waals surface area contributed by atoms with Crippen LogP contribution in [0.25, 0.3) is 21.6 Å². The van der Waals surface area contributed by atoms with E-state index < -0.39 is 0 Å². The van der Waals surface area contributed by atoms with Crippen molar-refractivity contribution in [3.8, 4) is 22.9 Å². The molecule has 37 heavy (non-hydrogen) atoms. The van der Waals surface area contributed by atoms with E-state index in [0.717, 1.165) is 17.9 Å². The molecule has 0 atom stereocenters. The number of aromatic amines is 1. The lowest BCUT2D eigenvalue weighted by atomic mass is 10.1. The second-order valence-corrected chi connectivity index (χ2v) is 9.60. The van der Waals surface area contributed by atoms with Crippen molar-refractivity contribution in [3.05, 3.63) is 64.3 Å². The third-order valence-electron chi connectivity index (χ3n) is 6.26. The Hall–Kier alpha value is -4.05. The molecule has 9 nitrogen and oxygen atoms in total. The zero-order chi connectivity index (χ0) is 25.8. The van der Waals surface area contributed by atoms with E-state index in [0.29, 0.717) is 65.8 Å². The summed E-state index contributed by atoms with van der Waals surface area (Å²) < 4.78 is 12.0. The lowest BCUT2D eigenvalue weighted by Crippen LogP contribution is -2.50. The summed E-state index contributed by atoms with van der Waals surface area (Å²) in [5.41, 5.74) is 2.69. The number of fused-ring (bicyclic) bond motifs is 1. The predicted molar refractivity (Wildman–Crippen MR) is 147 cm³/mol. The highest BCUT2D eigenvalue weighted by Gasteiger charge is 2.23. The number of rotatable bonds is 7. The maximum Gasteiger partial charge on any atom is 0.321 e. The SMILES string of the molecule is CCCOc1ccc(NC(=O)N2CCN(c3ccccc3OC)CC2)cc1-c1nc2ccsc2c(=O)[nH]1. The Morgan fingerprint density at radius 3 is 2.70 bits per heavy atom. The number of methoxy groups -OCH3 is 1. The van der Waals surface area contributed by atoms with Gasteiger partial charge in [-0.3, -0.25) is 4.79 Å². The van der Waals surface area contributed by atoms with Crippen molar-refractivity contribution in [1.82, 2.24) is 14.9 Å². The first-order chi connectivity index (χ1) is 18.1. The minimum Gasteiger partial charge on any atom is -0.495 e. The summed E-state index contributed by atoms with van der Waals surface area (Å²) in [5.74, 6) is 1.83. The third-order valence-corrected chi connectivity index (χ3v) is 7.16. The highest BCUT2D eigenvalue weighted by molar-refractivity contribution is 7.17.